The predicted molar refractivity (Wildman–Crippen MR) is 64.4 cm³/mol. The van der Waals surface area contributed by atoms with Gasteiger partial charge in [-0.15, -0.1) is 0 Å². The SMILES string of the molecule is CCC(NC(=O)Cc1ccc(N)cc1)C(=O)O. The lowest BCUT2D eigenvalue weighted by Gasteiger charge is -2.12. The number of carbonyl (C=O) groups excluding carboxylic acids is 1. The van der Waals surface area contributed by atoms with Crippen molar-refractivity contribution >= 4 is 17.6 Å². The summed E-state index contributed by atoms with van der Waals surface area (Å²) in [7, 11) is 0. The minimum absolute atomic E-state index is 0.157. The van der Waals surface area contributed by atoms with E-state index in [0.717, 1.165) is 5.56 Å². The zero-order chi connectivity index (χ0) is 12.8. The lowest BCUT2D eigenvalue weighted by atomic mass is 10.1. The molecule has 1 atom stereocenters. The molecule has 4 N–H and O–H groups in total. The second-order valence-electron chi connectivity index (χ2n) is 3.78. The molecule has 92 valence electrons. The summed E-state index contributed by atoms with van der Waals surface area (Å²) in [5, 5.41) is 11.3. The van der Waals surface area contributed by atoms with Crippen LogP contribution in [0, 0.1) is 0 Å². The van der Waals surface area contributed by atoms with E-state index in [1.807, 2.05) is 0 Å². The van der Waals surface area contributed by atoms with Gasteiger partial charge < -0.3 is 16.2 Å². The minimum atomic E-state index is -1.02. The molecule has 0 saturated carbocycles. The number of anilines is 1. The van der Waals surface area contributed by atoms with E-state index < -0.39 is 12.0 Å². The van der Waals surface area contributed by atoms with E-state index in [1.165, 1.54) is 0 Å². The van der Waals surface area contributed by atoms with Gasteiger partial charge in [-0.3, -0.25) is 4.79 Å². The quantitative estimate of drug-likeness (QED) is 0.659. The first-order valence-electron chi connectivity index (χ1n) is 5.39. The highest BCUT2D eigenvalue weighted by Gasteiger charge is 2.17. The number of hydrogen-bond acceptors (Lipinski definition) is 3. The van der Waals surface area contributed by atoms with Crippen molar-refractivity contribution < 1.29 is 14.7 Å². The number of benzene rings is 1. The summed E-state index contributed by atoms with van der Waals surface area (Å²) in [5.41, 5.74) is 6.95. The lowest BCUT2D eigenvalue weighted by molar-refractivity contribution is -0.141. The summed E-state index contributed by atoms with van der Waals surface area (Å²) in [5.74, 6) is -1.32. The summed E-state index contributed by atoms with van der Waals surface area (Å²) in [6.07, 6.45) is 0.521. The first-order chi connectivity index (χ1) is 8.02. The van der Waals surface area contributed by atoms with Crippen LogP contribution in [0.3, 0.4) is 0 Å². The lowest BCUT2D eigenvalue weighted by Crippen LogP contribution is -2.40. The topological polar surface area (TPSA) is 92.4 Å². The van der Waals surface area contributed by atoms with Crippen molar-refractivity contribution in [2.24, 2.45) is 0 Å². The fraction of sp³-hybridized carbons (Fsp3) is 0.333. The third-order valence-corrected chi connectivity index (χ3v) is 2.39. The van der Waals surface area contributed by atoms with E-state index >= 15 is 0 Å². The number of nitrogens with two attached hydrogens (primary N) is 1. The maximum Gasteiger partial charge on any atom is 0.326 e. The van der Waals surface area contributed by atoms with Gasteiger partial charge in [0, 0.05) is 5.69 Å². The van der Waals surface area contributed by atoms with Crippen molar-refractivity contribution in [3.05, 3.63) is 29.8 Å². The highest BCUT2D eigenvalue weighted by molar-refractivity contribution is 5.84. The van der Waals surface area contributed by atoms with E-state index in [0.29, 0.717) is 12.1 Å². The molecule has 5 heteroatoms. The van der Waals surface area contributed by atoms with Gasteiger partial charge in [-0.1, -0.05) is 19.1 Å². The van der Waals surface area contributed by atoms with Gasteiger partial charge in [-0.2, -0.15) is 0 Å². The maximum absolute atomic E-state index is 11.6. The Morgan fingerprint density at radius 3 is 2.41 bits per heavy atom. The molecule has 0 radical (unpaired) electrons. The van der Waals surface area contributed by atoms with Crippen LogP contribution in [-0.4, -0.2) is 23.0 Å². The number of nitrogens with one attached hydrogen (secondary N) is 1. The average Bonchev–Trinajstić information content (AvgIpc) is 2.28. The van der Waals surface area contributed by atoms with Crippen LogP contribution in [0.15, 0.2) is 24.3 Å². The summed E-state index contributed by atoms with van der Waals surface area (Å²) in [6, 6.07) is 6.08. The standard InChI is InChI=1S/C12H16N2O3/c1-2-10(12(16)17)14-11(15)7-8-3-5-9(13)6-4-8/h3-6,10H,2,7,13H2,1H3,(H,14,15)(H,16,17). The molecule has 0 aliphatic heterocycles. The molecule has 5 nitrogen and oxygen atoms in total. The number of carboxylic acids is 1. The van der Waals surface area contributed by atoms with Crippen LogP contribution >= 0.6 is 0 Å². The third kappa shape index (κ3) is 4.14. The van der Waals surface area contributed by atoms with Crippen LogP contribution in [0.4, 0.5) is 5.69 Å². The van der Waals surface area contributed by atoms with Gasteiger partial charge in [0.05, 0.1) is 6.42 Å². The van der Waals surface area contributed by atoms with E-state index in [-0.39, 0.29) is 12.3 Å². The molecule has 0 aliphatic rings. The van der Waals surface area contributed by atoms with E-state index in [4.69, 9.17) is 10.8 Å². The minimum Gasteiger partial charge on any atom is -0.480 e. The number of aliphatic carboxylic acids is 1. The van der Waals surface area contributed by atoms with Crippen molar-refractivity contribution in [3.8, 4) is 0 Å². The van der Waals surface area contributed by atoms with Crippen LogP contribution in [0.5, 0.6) is 0 Å². The van der Waals surface area contributed by atoms with Gasteiger partial charge in [0.25, 0.3) is 0 Å². The first-order valence-corrected chi connectivity index (χ1v) is 5.39. The van der Waals surface area contributed by atoms with E-state index in [2.05, 4.69) is 5.32 Å². The Labute approximate surface area is 99.6 Å². The van der Waals surface area contributed by atoms with Gasteiger partial charge >= 0.3 is 5.97 Å². The van der Waals surface area contributed by atoms with Crippen molar-refractivity contribution in [1.82, 2.24) is 5.32 Å². The Morgan fingerprint density at radius 2 is 1.94 bits per heavy atom. The molecule has 0 fully saturated rings. The van der Waals surface area contributed by atoms with Crippen molar-refractivity contribution in [2.75, 3.05) is 5.73 Å². The van der Waals surface area contributed by atoms with Crippen molar-refractivity contribution in [3.63, 3.8) is 0 Å². The predicted octanol–water partition coefficient (Wildman–Crippen LogP) is 0.791. The molecule has 1 amide bonds. The summed E-state index contributed by atoms with van der Waals surface area (Å²) >= 11 is 0. The Balaban J connectivity index is 2.54. The Bertz CT molecular complexity index is 401. The molecule has 17 heavy (non-hydrogen) atoms. The molecular weight excluding hydrogens is 220 g/mol. The number of hydrogen-bond donors (Lipinski definition) is 3. The highest BCUT2D eigenvalue weighted by Crippen LogP contribution is 2.06. The Kier molecular flexibility index (Phi) is 4.51. The fourth-order valence-electron chi connectivity index (χ4n) is 1.40. The summed E-state index contributed by atoms with van der Waals surface area (Å²) in [6.45, 7) is 1.71. The smallest absolute Gasteiger partial charge is 0.326 e. The highest BCUT2D eigenvalue weighted by atomic mass is 16.4. The van der Waals surface area contributed by atoms with Crippen LogP contribution in [0.1, 0.15) is 18.9 Å². The number of carbonyl (C=O) groups is 2. The molecule has 1 aromatic carbocycles. The molecular formula is C12H16N2O3. The van der Waals surface area contributed by atoms with Crippen LogP contribution < -0.4 is 11.1 Å². The second kappa shape index (κ2) is 5.89. The molecule has 0 bridgehead atoms. The largest absolute Gasteiger partial charge is 0.480 e. The molecule has 0 aromatic heterocycles. The van der Waals surface area contributed by atoms with E-state index in [1.54, 1.807) is 31.2 Å². The molecule has 1 unspecified atom stereocenters. The van der Waals surface area contributed by atoms with Gasteiger partial charge in [-0.05, 0) is 24.1 Å². The zero-order valence-corrected chi connectivity index (χ0v) is 9.64. The van der Waals surface area contributed by atoms with Gasteiger partial charge in [0.15, 0.2) is 0 Å². The Morgan fingerprint density at radius 1 is 1.35 bits per heavy atom. The zero-order valence-electron chi connectivity index (χ0n) is 9.64. The van der Waals surface area contributed by atoms with Crippen LogP contribution in [0.25, 0.3) is 0 Å². The maximum atomic E-state index is 11.6. The van der Waals surface area contributed by atoms with E-state index in [9.17, 15) is 9.59 Å². The normalized spacial score (nSPS) is 11.8. The van der Waals surface area contributed by atoms with Gasteiger partial charge in [0.2, 0.25) is 5.91 Å². The van der Waals surface area contributed by atoms with Crippen molar-refractivity contribution in [1.29, 1.82) is 0 Å². The van der Waals surface area contributed by atoms with Crippen LogP contribution in [0.2, 0.25) is 0 Å². The number of carboxylic acid groups (broad SMARTS) is 1. The summed E-state index contributed by atoms with van der Waals surface area (Å²) < 4.78 is 0. The van der Waals surface area contributed by atoms with Gasteiger partial charge in [0.1, 0.15) is 6.04 Å². The van der Waals surface area contributed by atoms with Crippen molar-refractivity contribution in [2.45, 2.75) is 25.8 Å². The molecule has 1 aromatic rings. The number of rotatable bonds is 5. The van der Waals surface area contributed by atoms with Gasteiger partial charge in [-0.25, -0.2) is 4.79 Å². The molecule has 0 heterocycles. The summed E-state index contributed by atoms with van der Waals surface area (Å²) in [4.78, 5) is 22.3. The fourth-order valence-corrected chi connectivity index (χ4v) is 1.40. The van der Waals surface area contributed by atoms with Crippen LogP contribution in [-0.2, 0) is 16.0 Å². The molecule has 1 rings (SSSR count). The number of amides is 1. The molecule has 0 saturated heterocycles. The monoisotopic (exact) mass is 236 g/mol. The Hall–Kier alpha value is -2.04. The third-order valence-electron chi connectivity index (χ3n) is 2.39. The average molecular weight is 236 g/mol. The first kappa shape index (κ1) is 13.0. The molecule has 0 aliphatic carbocycles. The number of nitrogen functional groups attached to an aromatic ring is 1. The second-order valence-corrected chi connectivity index (χ2v) is 3.78. The molecule has 0 spiro atoms.